The van der Waals surface area contributed by atoms with Crippen molar-refractivity contribution in [2.24, 2.45) is 0 Å². The second-order valence-electron chi connectivity index (χ2n) is 6.78. The summed E-state index contributed by atoms with van der Waals surface area (Å²) in [5.74, 6) is 0.826. The summed E-state index contributed by atoms with van der Waals surface area (Å²) in [5, 5.41) is 3.04. The summed E-state index contributed by atoms with van der Waals surface area (Å²) >= 11 is 0. The fourth-order valence-corrected chi connectivity index (χ4v) is 2.85. The third-order valence-corrected chi connectivity index (χ3v) is 4.17. The Bertz CT molecular complexity index is 527. The van der Waals surface area contributed by atoms with Crippen molar-refractivity contribution in [1.82, 2.24) is 10.2 Å². The van der Waals surface area contributed by atoms with Gasteiger partial charge in [0, 0.05) is 20.2 Å². The lowest BCUT2D eigenvalue weighted by molar-refractivity contribution is 0.00374. The van der Waals surface area contributed by atoms with E-state index in [1.165, 1.54) is 6.42 Å². The maximum Gasteiger partial charge on any atom is 0.317 e. The van der Waals surface area contributed by atoms with Gasteiger partial charge in [-0.15, -0.1) is 0 Å². The first-order valence-corrected chi connectivity index (χ1v) is 8.85. The van der Waals surface area contributed by atoms with Crippen LogP contribution in [0, 0.1) is 0 Å². The quantitative estimate of drug-likeness (QED) is 0.862. The van der Waals surface area contributed by atoms with E-state index in [4.69, 9.17) is 9.47 Å². The number of carbonyl (C=O) groups excluding carboxylic acids is 1. The van der Waals surface area contributed by atoms with Crippen molar-refractivity contribution in [3.05, 3.63) is 29.8 Å². The molecule has 134 valence electrons. The van der Waals surface area contributed by atoms with Crippen LogP contribution in [0.25, 0.3) is 0 Å². The lowest BCUT2D eigenvalue weighted by atomic mass is 10.1. The van der Waals surface area contributed by atoms with Gasteiger partial charge in [0.25, 0.3) is 0 Å². The molecule has 5 heteroatoms. The molecule has 2 amide bonds. The van der Waals surface area contributed by atoms with Crippen LogP contribution in [-0.4, -0.2) is 43.3 Å². The Hall–Kier alpha value is -1.75. The molecule has 0 aliphatic carbocycles. The molecular weight excluding hydrogens is 304 g/mol. The minimum atomic E-state index is -0.0806. The van der Waals surface area contributed by atoms with Crippen LogP contribution in [0.5, 0.6) is 5.75 Å². The van der Waals surface area contributed by atoms with E-state index in [1.807, 2.05) is 52.1 Å². The Kier molecular flexibility index (Phi) is 6.91. The molecule has 0 radical (unpaired) electrons. The Balaban J connectivity index is 1.88. The molecule has 1 N–H and O–H groups in total. The van der Waals surface area contributed by atoms with Crippen LogP contribution in [0.2, 0.25) is 0 Å². The van der Waals surface area contributed by atoms with E-state index >= 15 is 0 Å². The first-order valence-electron chi connectivity index (χ1n) is 8.85. The monoisotopic (exact) mass is 334 g/mol. The Morgan fingerprint density at radius 3 is 2.83 bits per heavy atom. The molecule has 0 saturated carbocycles. The van der Waals surface area contributed by atoms with Crippen molar-refractivity contribution in [2.45, 2.75) is 58.3 Å². The predicted octanol–water partition coefficient (Wildman–Crippen LogP) is 3.75. The predicted molar refractivity (Wildman–Crippen MR) is 95.4 cm³/mol. The van der Waals surface area contributed by atoms with Gasteiger partial charge in [-0.2, -0.15) is 0 Å². The van der Waals surface area contributed by atoms with Crippen LogP contribution in [0.15, 0.2) is 24.3 Å². The maximum atomic E-state index is 12.4. The highest BCUT2D eigenvalue weighted by molar-refractivity contribution is 5.74. The van der Waals surface area contributed by atoms with Crippen LogP contribution in [-0.2, 0) is 4.74 Å². The van der Waals surface area contributed by atoms with Gasteiger partial charge in [-0.3, -0.25) is 0 Å². The Morgan fingerprint density at radius 1 is 1.38 bits per heavy atom. The van der Waals surface area contributed by atoms with Crippen LogP contribution >= 0.6 is 0 Å². The van der Waals surface area contributed by atoms with Gasteiger partial charge in [-0.25, -0.2) is 4.79 Å². The molecular formula is C19H30N2O3. The third kappa shape index (κ3) is 5.71. The van der Waals surface area contributed by atoms with Crippen molar-refractivity contribution in [1.29, 1.82) is 0 Å². The number of carbonyl (C=O) groups is 1. The average molecular weight is 334 g/mol. The third-order valence-electron chi connectivity index (χ3n) is 4.17. The van der Waals surface area contributed by atoms with E-state index in [2.05, 4.69) is 5.32 Å². The van der Waals surface area contributed by atoms with Crippen LogP contribution < -0.4 is 10.1 Å². The second kappa shape index (κ2) is 8.92. The van der Waals surface area contributed by atoms with E-state index < -0.39 is 0 Å². The number of benzene rings is 1. The van der Waals surface area contributed by atoms with Gasteiger partial charge in [0.15, 0.2) is 0 Å². The zero-order valence-electron chi connectivity index (χ0n) is 15.2. The molecule has 1 aromatic carbocycles. The smallest absolute Gasteiger partial charge is 0.317 e. The minimum absolute atomic E-state index is 0.0770. The maximum absolute atomic E-state index is 12.4. The molecule has 1 fully saturated rings. The SMILES string of the molecule is CC(C)Oc1cccc(C(C)NC(=O)N(C)CC2CCCCO2)c1. The number of nitrogens with zero attached hydrogens (tertiary/aromatic N) is 1. The van der Waals surface area contributed by atoms with Crippen LogP contribution in [0.1, 0.15) is 51.6 Å². The lowest BCUT2D eigenvalue weighted by Crippen LogP contribution is -2.43. The highest BCUT2D eigenvalue weighted by atomic mass is 16.5. The van der Waals surface area contributed by atoms with Gasteiger partial charge in [-0.05, 0) is 57.7 Å². The van der Waals surface area contributed by atoms with Crippen molar-refractivity contribution in [2.75, 3.05) is 20.2 Å². The molecule has 0 spiro atoms. The molecule has 0 aromatic heterocycles. The first-order chi connectivity index (χ1) is 11.5. The number of urea groups is 1. The standard InChI is InChI=1S/C19H30N2O3/c1-14(2)24-17-10-7-8-16(12-17)15(3)20-19(22)21(4)13-18-9-5-6-11-23-18/h7-8,10,12,14-15,18H,5-6,9,11,13H2,1-4H3,(H,20,22). The zero-order valence-corrected chi connectivity index (χ0v) is 15.2. The molecule has 1 aliphatic heterocycles. The molecule has 1 heterocycles. The number of likely N-dealkylation sites (N-methyl/N-ethyl adjacent to an activating group) is 1. The number of hydrogen-bond donors (Lipinski definition) is 1. The Morgan fingerprint density at radius 2 is 2.17 bits per heavy atom. The number of rotatable bonds is 6. The number of ether oxygens (including phenoxy) is 2. The molecule has 24 heavy (non-hydrogen) atoms. The summed E-state index contributed by atoms with van der Waals surface area (Å²) in [6.45, 7) is 7.42. The van der Waals surface area contributed by atoms with Gasteiger partial charge >= 0.3 is 6.03 Å². The summed E-state index contributed by atoms with van der Waals surface area (Å²) < 4.78 is 11.4. The summed E-state index contributed by atoms with van der Waals surface area (Å²) in [6.07, 6.45) is 3.62. The van der Waals surface area contributed by atoms with E-state index in [1.54, 1.807) is 4.90 Å². The van der Waals surface area contributed by atoms with Gasteiger partial charge in [0.05, 0.1) is 18.2 Å². The van der Waals surface area contributed by atoms with Gasteiger partial charge < -0.3 is 19.7 Å². The molecule has 2 atom stereocenters. The fraction of sp³-hybridized carbons (Fsp3) is 0.632. The van der Waals surface area contributed by atoms with Crippen LogP contribution in [0.3, 0.4) is 0 Å². The summed E-state index contributed by atoms with van der Waals surface area (Å²) in [7, 11) is 1.82. The number of hydrogen-bond acceptors (Lipinski definition) is 3. The lowest BCUT2D eigenvalue weighted by Gasteiger charge is -2.28. The van der Waals surface area contributed by atoms with E-state index in [0.29, 0.717) is 6.54 Å². The average Bonchev–Trinajstić information content (AvgIpc) is 2.55. The first kappa shape index (κ1) is 18.6. The molecule has 1 aliphatic rings. The van der Waals surface area contributed by atoms with Crippen molar-refractivity contribution in [3.63, 3.8) is 0 Å². The van der Waals surface area contributed by atoms with E-state index in [9.17, 15) is 4.79 Å². The van der Waals surface area contributed by atoms with E-state index in [0.717, 1.165) is 30.8 Å². The molecule has 0 bridgehead atoms. The van der Waals surface area contributed by atoms with Crippen LogP contribution in [0.4, 0.5) is 4.79 Å². The number of nitrogens with one attached hydrogen (secondary N) is 1. The molecule has 2 unspecified atom stereocenters. The topological polar surface area (TPSA) is 50.8 Å². The molecule has 5 nitrogen and oxygen atoms in total. The second-order valence-corrected chi connectivity index (χ2v) is 6.78. The summed E-state index contributed by atoms with van der Waals surface area (Å²) in [5.41, 5.74) is 1.03. The van der Waals surface area contributed by atoms with Gasteiger partial charge in [0.2, 0.25) is 0 Å². The zero-order chi connectivity index (χ0) is 17.5. The van der Waals surface area contributed by atoms with Gasteiger partial charge in [-0.1, -0.05) is 12.1 Å². The highest BCUT2D eigenvalue weighted by Gasteiger charge is 2.20. The van der Waals surface area contributed by atoms with Gasteiger partial charge in [0.1, 0.15) is 5.75 Å². The number of amides is 2. The van der Waals surface area contributed by atoms with Crippen molar-refractivity contribution >= 4 is 6.03 Å². The fourth-order valence-electron chi connectivity index (χ4n) is 2.85. The van der Waals surface area contributed by atoms with E-state index in [-0.39, 0.29) is 24.3 Å². The highest BCUT2D eigenvalue weighted by Crippen LogP contribution is 2.20. The van der Waals surface area contributed by atoms with Crippen molar-refractivity contribution in [3.8, 4) is 5.75 Å². The normalized spacial score (nSPS) is 19.0. The van der Waals surface area contributed by atoms with Crippen molar-refractivity contribution < 1.29 is 14.3 Å². The molecule has 1 saturated heterocycles. The molecule has 1 aromatic rings. The summed E-state index contributed by atoms with van der Waals surface area (Å²) in [6, 6.07) is 7.71. The summed E-state index contributed by atoms with van der Waals surface area (Å²) in [4.78, 5) is 14.1. The molecule has 2 rings (SSSR count). The minimum Gasteiger partial charge on any atom is -0.491 e. The Labute approximate surface area is 145 Å². The largest absolute Gasteiger partial charge is 0.491 e.